The number of nitrogens with zero attached hydrogens (tertiary/aromatic N) is 2. The van der Waals surface area contributed by atoms with Crippen molar-refractivity contribution in [2.24, 2.45) is 0 Å². The minimum atomic E-state index is -0.819. The average Bonchev–Trinajstić information content (AvgIpc) is 2.63. The Morgan fingerprint density at radius 1 is 1.14 bits per heavy atom. The Hall–Kier alpha value is -1.22. The van der Waals surface area contributed by atoms with E-state index in [-0.39, 0.29) is 11.3 Å². The van der Waals surface area contributed by atoms with Crippen LogP contribution >= 0.6 is 0 Å². The maximum atomic E-state index is 14.8. The van der Waals surface area contributed by atoms with Gasteiger partial charge in [0.15, 0.2) is 5.82 Å². The standard InChI is InChI=1S/C14H22BFN2O4/c1-9-8-10(11(16)12(17-9)18(19-6)20-7)15-21-13(2,3)14(4,5)22-15/h8H,1-7H3. The van der Waals surface area contributed by atoms with E-state index in [0.29, 0.717) is 5.69 Å². The monoisotopic (exact) mass is 312 g/mol. The van der Waals surface area contributed by atoms with Gasteiger partial charge in [-0.25, -0.2) is 9.37 Å². The topological polar surface area (TPSA) is 53.1 Å². The Labute approximate surface area is 130 Å². The second-order valence-electron chi connectivity index (χ2n) is 6.20. The van der Waals surface area contributed by atoms with Gasteiger partial charge in [-0.1, -0.05) is 0 Å². The lowest BCUT2D eigenvalue weighted by atomic mass is 9.78. The van der Waals surface area contributed by atoms with Crippen LogP contribution in [0.1, 0.15) is 33.4 Å². The van der Waals surface area contributed by atoms with Gasteiger partial charge in [-0.3, -0.25) is 9.68 Å². The van der Waals surface area contributed by atoms with Crippen LogP contribution in [-0.2, 0) is 19.0 Å². The molecule has 0 saturated carbocycles. The Kier molecular flexibility index (Phi) is 4.50. The number of anilines is 1. The molecule has 0 spiro atoms. The molecule has 1 aromatic heterocycles. The van der Waals surface area contributed by atoms with Crippen LogP contribution in [0, 0.1) is 12.7 Å². The second-order valence-corrected chi connectivity index (χ2v) is 6.20. The Morgan fingerprint density at radius 3 is 2.09 bits per heavy atom. The van der Waals surface area contributed by atoms with Gasteiger partial charge in [0.05, 0.1) is 25.4 Å². The summed E-state index contributed by atoms with van der Waals surface area (Å²) in [5.74, 6) is -0.678. The van der Waals surface area contributed by atoms with Crippen molar-refractivity contribution in [2.75, 3.05) is 19.4 Å². The first-order chi connectivity index (χ1) is 10.1. The van der Waals surface area contributed by atoms with E-state index in [1.165, 1.54) is 14.2 Å². The van der Waals surface area contributed by atoms with Crippen molar-refractivity contribution in [2.45, 2.75) is 45.8 Å². The SMILES string of the molecule is CON(OC)c1nc(C)cc(B2OC(C)(C)C(C)(C)O2)c1F. The number of aryl methyl sites for hydroxylation is 1. The third-order valence-electron chi connectivity index (χ3n) is 4.11. The van der Waals surface area contributed by atoms with Crippen LogP contribution in [0.15, 0.2) is 6.07 Å². The first-order valence-corrected chi connectivity index (χ1v) is 7.04. The first-order valence-electron chi connectivity index (χ1n) is 7.04. The fourth-order valence-corrected chi connectivity index (χ4v) is 2.18. The van der Waals surface area contributed by atoms with Gasteiger partial charge in [-0.2, -0.15) is 0 Å². The molecule has 1 aromatic rings. The molecule has 1 saturated heterocycles. The molecule has 0 N–H and O–H groups in total. The highest BCUT2D eigenvalue weighted by molar-refractivity contribution is 6.62. The van der Waals surface area contributed by atoms with E-state index in [9.17, 15) is 4.39 Å². The maximum absolute atomic E-state index is 14.8. The van der Waals surface area contributed by atoms with Gasteiger partial charge in [0.2, 0.25) is 5.82 Å². The van der Waals surface area contributed by atoms with Crippen LogP contribution in [0.25, 0.3) is 0 Å². The summed E-state index contributed by atoms with van der Waals surface area (Å²) in [6.45, 7) is 9.40. The van der Waals surface area contributed by atoms with Gasteiger partial charge in [0.25, 0.3) is 0 Å². The lowest BCUT2D eigenvalue weighted by Gasteiger charge is -2.32. The van der Waals surface area contributed by atoms with Crippen LogP contribution in [0.5, 0.6) is 0 Å². The number of halogens is 1. The van der Waals surface area contributed by atoms with Gasteiger partial charge < -0.3 is 9.31 Å². The van der Waals surface area contributed by atoms with Gasteiger partial charge in [0.1, 0.15) is 0 Å². The summed E-state index contributed by atoms with van der Waals surface area (Å²) in [4.78, 5) is 14.0. The van der Waals surface area contributed by atoms with Gasteiger partial charge in [0, 0.05) is 11.2 Å². The third kappa shape index (κ3) is 2.83. The van der Waals surface area contributed by atoms with Crippen molar-refractivity contribution in [1.82, 2.24) is 4.98 Å². The normalized spacial score (nSPS) is 19.5. The molecule has 0 unspecified atom stereocenters. The quantitative estimate of drug-likeness (QED) is 0.624. The lowest BCUT2D eigenvalue weighted by molar-refractivity contribution is -0.0466. The summed E-state index contributed by atoms with van der Waals surface area (Å²) in [6, 6.07) is 1.60. The summed E-state index contributed by atoms with van der Waals surface area (Å²) in [5.41, 5.74) is -0.242. The van der Waals surface area contributed by atoms with Crippen molar-refractivity contribution < 1.29 is 23.4 Å². The van der Waals surface area contributed by atoms with Crippen LogP contribution in [-0.4, -0.2) is 37.5 Å². The van der Waals surface area contributed by atoms with Crippen LogP contribution in [0.4, 0.5) is 10.2 Å². The molecule has 22 heavy (non-hydrogen) atoms. The molecule has 2 rings (SSSR count). The summed E-state index contributed by atoms with van der Waals surface area (Å²) >= 11 is 0. The zero-order chi connectivity index (χ0) is 16.7. The predicted octanol–water partition coefficient (Wildman–Crippen LogP) is 1.76. The van der Waals surface area contributed by atoms with E-state index >= 15 is 0 Å². The molecule has 0 amide bonds. The molecular formula is C14H22BFN2O4. The molecule has 0 bridgehead atoms. The smallest absolute Gasteiger partial charge is 0.399 e. The predicted molar refractivity (Wildman–Crippen MR) is 81.1 cm³/mol. The Bertz CT molecular complexity index is 548. The molecule has 0 aromatic carbocycles. The van der Waals surface area contributed by atoms with Crippen molar-refractivity contribution in [1.29, 1.82) is 0 Å². The van der Waals surface area contributed by atoms with Crippen molar-refractivity contribution >= 4 is 18.4 Å². The van der Waals surface area contributed by atoms with Crippen LogP contribution in [0.3, 0.4) is 0 Å². The summed E-state index contributed by atoms with van der Waals surface area (Å²) in [5, 5.41) is 0.900. The third-order valence-corrected chi connectivity index (χ3v) is 4.11. The fourth-order valence-electron chi connectivity index (χ4n) is 2.18. The minimum absolute atomic E-state index is 0.0743. The fraction of sp³-hybridized carbons (Fsp3) is 0.643. The molecule has 1 aliphatic heterocycles. The van der Waals surface area contributed by atoms with Gasteiger partial charge in [-0.15, -0.1) is 5.23 Å². The van der Waals surface area contributed by atoms with Crippen molar-refractivity contribution in [3.05, 3.63) is 17.6 Å². The van der Waals surface area contributed by atoms with Crippen LogP contribution in [0.2, 0.25) is 0 Å². The van der Waals surface area contributed by atoms with Crippen molar-refractivity contribution in [3.63, 3.8) is 0 Å². The molecule has 2 heterocycles. The average molecular weight is 312 g/mol. The summed E-state index contributed by atoms with van der Waals surface area (Å²) in [7, 11) is 1.91. The van der Waals surface area contributed by atoms with E-state index in [0.717, 1.165) is 5.23 Å². The van der Waals surface area contributed by atoms with E-state index < -0.39 is 24.1 Å². The first kappa shape index (κ1) is 17.1. The van der Waals surface area contributed by atoms with E-state index in [1.807, 2.05) is 27.7 Å². The van der Waals surface area contributed by atoms with E-state index in [1.54, 1.807) is 13.0 Å². The summed E-state index contributed by atoms with van der Waals surface area (Å²) in [6.07, 6.45) is 0. The highest BCUT2D eigenvalue weighted by Gasteiger charge is 2.52. The highest BCUT2D eigenvalue weighted by Crippen LogP contribution is 2.37. The number of rotatable bonds is 4. The largest absolute Gasteiger partial charge is 0.498 e. The highest BCUT2D eigenvalue weighted by atomic mass is 19.1. The molecule has 0 atom stereocenters. The zero-order valence-corrected chi connectivity index (χ0v) is 14.1. The second kappa shape index (κ2) is 5.77. The number of hydrogen-bond donors (Lipinski definition) is 0. The molecule has 1 fully saturated rings. The van der Waals surface area contributed by atoms with E-state index in [4.69, 9.17) is 19.0 Å². The molecule has 0 radical (unpaired) electrons. The summed E-state index contributed by atoms with van der Waals surface area (Å²) < 4.78 is 26.6. The number of hydrogen-bond acceptors (Lipinski definition) is 6. The van der Waals surface area contributed by atoms with Crippen LogP contribution < -0.4 is 10.7 Å². The molecule has 6 nitrogen and oxygen atoms in total. The molecule has 1 aliphatic rings. The lowest BCUT2D eigenvalue weighted by Crippen LogP contribution is -2.41. The Morgan fingerprint density at radius 2 is 1.64 bits per heavy atom. The molecule has 0 aliphatic carbocycles. The number of pyridine rings is 1. The zero-order valence-electron chi connectivity index (χ0n) is 14.1. The number of aromatic nitrogens is 1. The minimum Gasteiger partial charge on any atom is -0.399 e. The Balaban J connectivity index is 2.45. The van der Waals surface area contributed by atoms with E-state index in [2.05, 4.69) is 4.98 Å². The molecule has 8 heteroatoms. The van der Waals surface area contributed by atoms with Gasteiger partial charge in [-0.05, 0) is 40.7 Å². The molecular weight excluding hydrogens is 290 g/mol. The van der Waals surface area contributed by atoms with Gasteiger partial charge >= 0.3 is 7.12 Å². The maximum Gasteiger partial charge on any atom is 0.498 e. The van der Waals surface area contributed by atoms with Crippen molar-refractivity contribution in [3.8, 4) is 0 Å². The molecule has 122 valence electrons.